The largest absolute Gasteiger partial charge is 0.493 e. The van der Waals surface area contributed by atoms with E-state index in [1.165, 1.54) is 12.1 Å². The van der Waals surface area contributed by atoms with Gasteiger partial charge in [0.25, 0.3) is 0 Å². The number of alkyl halides is 3. The molecule has 0 amide bonds. The van der Waals surface area contributed by atoms with Crippen molar-refractivity contribution in [2.75, 3.05) is 6.61 Å². The Morgan fingerprint density at radius 2 is 1.86 bits per heavy atom. The van der Waals surface area contributed by atoms with Crippen molar-refractivity contribution in [1.29, 1.82) is 0 Å². The van der Waals surface area contributed by atoms with E-state index in [1.54, 1.807) is 0 Å². The highest BCUT2D eigenvalue weighted by molar-refractivity contribution is 5.41. The molecule has 0 radical (unpaired) electrons. The van der Waals surface area contributed by atoms with Crippen LogP contribution in [-0.4, -0.2) is 6.61 Å². The van der Waals surface area contributed by atoms with Gasteiger partial charge < -0.3 is 4.74 Å². The Bertz CT molecular complexity index is 537. The van der Waals surface area contributed by atoms with Crippen LogP contribution in [0.4, 0.5) is 13.2 Å². The van der Waals surface area contributed by atoms with Crippen LogP contribution in [0.15, 0.2) is 18.2 Å². The zero-order chi connectivity index (χ0) is 16.8. The number of halogens is 3. The molecule has 0 aliphatic rings. The quantitative estimate of drug-likeness (QED) is 0.639. The first-order chi connectivity index (χ1) is 10.3. The van der Waals surface area contributed by atoms with Crippen molar-refractivity contribution in [3.63, 3.8) is 0 Å². The molecule has 0 N–H and O–H groups in total. The predicted molar refractivity (Wildman–Crippen MR) is 82.9 cm³/mol. The van der Waals surface area contributed by atoms with E-state index < -0.39 is 11.7 Å². The maximum absolute atomic E-state index is 12.9. The average molecular weight is 312 g/mol. The zero-order valence-electron chi connectivity index (χ0n) is 13.6. The van der Waals surface area contributed by atoms with Crippen LogP contribution < -0.4 is 4.74 Å². The number of hydrogen-bond acceptors (Lipinski definition) is 1. The van der Waals surface area contributed by atoms with Gasteiger partial charge >= 0.3 is 6.18 Å². The van der Waals surface area contributed by atoms with Crippen LogP contribution in [0.1, 0.15) is 57.6 Å². The minimum Gasteiger partial charge on any atom is -0.493 e. The van der Waals surface area contributed by atoms with E-state index in [4.69, 9.17) is 4.74 Å². The van der Waals surface area contributed by atoms with E-state index in [9.17, 15) is 13.2 Å². The van der Waals surface area contributed by atoms with Gasteiger partial charge in [0.2, 0.25) is 0 Å². The third kappa shape index (κ3) is 4.98. The minimum atomic E-state index is -4.35. The molecule has 0 spiro atoms. The Labute approximate surface area is 130 Å². The summed E-state index contributed by atoms with van der Waals surface area (Å²) in [5, 5.41) is 0. The normalized spacial score (nSPS) is 14.0. The van der Waals surface area contributed by atoms with Gasteiger partial charge in [-0.25, -0.2) is 0 Å². The zero-order valence-corrected chi connectivity index (χ0v) is 13.6. The lowest BCUT2D eigenvalue weighted by Gasteiger charge is -2.21. The number of rotatable bonds is 5. The topological polar surface area (TPSA) is 9.23 Å². The third-order valence-electron chi connectivity index (χ3n) is 3.55. The molecule has 1 aromatic carbocycles. The van der Waals surface area contributed by atoms with Gasteiger partial charge in [-0.1, -0.05) is 33.6 Å². The van der Waals surface area contributed by atoms with Gasteiger partial charge in [-0.2, -0.15) is 13.2 Å². The summed E-state index contributed by atoms with van der Waals surface area (Å²) < 4.78 is 44.5. The molecular weight excluding hydrogens is 289 g/mol. The van der Waals surface area contributed by atoms with Crippen molar-refractivity contribution in [2.24, 2.45) is 5.92 Å². The van der Waals surface area contributed by atoms with Gasteiger partial charge in [-0.05, 0) is 36.1 Å². The highest BCUT2D eigenvalue weighted by atomic mass is 19.4. The Morgan fingerprint density at radius 3 is 2.41 bits per heavy atom. The van der Waals surface area contributed by atoms with E-state index in [1.807, 2.05) is 27.7 Å². The van der Waals surface area contributed by atoms with Crippen molar-refractivity contribution in [2.45, 2.75) is 52.6 Å². The molecule has 2 unspecified atom stereocenters. The van der Waals surface area contributed by atoms with Crippen molar-refractivity contribution >= 4 is 0 Å². The lowest BCUT2D eigenvalue weighted by atomic mass is 9.87. The summed E-state index contributed by atoms with van der Waals surface area (Å²) >= 11 is 0. The highest BCUT2D eigenvalue weighted by Gasteiger charge is 2.32. The van der Waals surface area contributed by atoms with Gasteiger partial charge in [0.05, 0.1) is 12.2 Å². The summed E-state index contributed by atoms with van der Waals surface area (Å²) in [5.41, 5.74) is -0.0740. The van der Waals surface area contributed by atoms with Crippen LogP contribution in [0, 0.1) is 17.8 Å². The number of hydrogen-bond donors (Lipinski definition) is 0. The second kappa shape index (κ2) is 8.12. The maximum atomic E-state index is 12.9. The predicted octanol–water partition coefficient (Wildman–Crippen LogP) is 5.65. The molecule has 1 rings (SSSR count). The molecule has 0 heterocycles. The molecule has 4 heteroatoms. The molecule has 22 heavy (non-hydrogen) atoms. The SMILES string of the molecule is CCC#CC(C)C(C)c1cc(C(F)(F)F)ccc1OCCC. The Balaban J connectivity index is 3.20. The molecule has 0 aliphatic carbocycles. The smallest absolute Gasteiger partial charge is 0.416 e. The molecule has 0 saturated carbocycles. The number of benzene rings is 1. The molecule has 0 fully saturated rings. The maximum Gasteiger partial charge on any atom is 0.416 e. The van der Waals surface area contributed by atoms with Crippen molar-refractivity contribution < 1.29 is 17.9 Å². The summed E-state index contributed by atoms with van der Waals surface area (Å²) in [5.74, 6) is 6.43. The van der Waals surface area contributed by atoms with Crippen LogP contribution in [0.5, 0.6) is 5.75 Å². The van der Waals surface area contributed by atoms with E-state index in [2.05, 4.69) is 11.8 Å². The Hall–Kier alpha value is -1.63. The number of ether oxygens (including phenoxy) is 1. The molecule has 0 saturated heterocycles. The van der Waals surface area contributed by atoms with E-state index >= 15 is 0 Å². The van der Waals surface area contributed by atoms with Gasteiger partial charge in [0.1, 0.15) is 5.75 Å². The average Bonchev–Trinajstić information content (AvgIpc) is 2.48. The molecule has 0 aromatic heterocycles. The summed E-state index contributed by atoms with van der Waals surface area (Å²) in [7, 11) is 0. The van der Waals surface area contributed by atoms with E-state index in [0.717, 1.165) is 18.9 Å². The molecule has 122 valence electrons. The summed E-state index contributed by atoms with van der Waals surface area (Å²) in [6.45, 7) is 8.22. The standard InChI is InChI=1S/C18H23F3O/c1-5-7-8-13(3)14(4)16-12-15(18(19,20)21)9-10-17(16)22-11-6-2/h9-10,12-14H,5-6,11H2,1-4H3. The Morgan fingerprint density at radius 1 is 1.18 bits per heavy atom. The molecular formula is C18H23F3O. The third-order valence-corrected chi connectivity index (χ3v) is 3.55. The van der Waals surface area contributed by atoms with Gasteiger partial charge in [-0.3, -0.25) is 0 Å². The fourth-order valence-corrected chi connectivity index (χ4v) is 2.08. The van der Waals surface area contributed by atoms with Crippen LogP contribution in [0.3, 0.4) is 0 Å². The summed E-state index contributed by atoms with van der Waals surface area (Å²) in [4.78, 5) is 0. The van der Waals surface area contributed by atoms with Crippen molar-refractivity contribution in [3.05, 3.63) is 29.3 Å². The van der Waals surface area contributed by atoms with Crippen LogP contribution in [-0.2, 0) is 6.18 Å². The van der Waals surface area contributed by atoms with E-state index in [-0.39, 0.29) is 11.8 Å². The second-order valence-corrected chi connectivity index (χ2v) is 5.35. The highest BCUT2D eigenvalue weighted by Crippen LogP contribution is 2.37. The van der Waals surface area contributed by atoms with Crippen LogP contribution in [0.25, 0.3) is 0 Å². The first kappa shape index (κ1) is 18.4. The van der Waals surface area contributed by atoms with Crippen molar-refractivity contribution in [3.8, 4) is 17.6 Å². The Kier molecular flexibility index (Phi) is 6.80. The first-order valence-electron chi connectivity index (χ1n) is 7.63. The first-order valence-corrected chi connectivity index (χ1v) is 7.63. The van der Waals surface area contributed by atoms with Crippen LogP contribution >= 0.6 is 0 Å². The molecule has 1 nitrogen and oxygen atoms in total. The van der Waals surface area contributed by atoms with Gasteiger partial charge in [-0.15, -0.1) is 5.92 Å². The molecule has 0 bridgehead atoms. The monoisotopic (exact) mass is 312 g/mol. The van der Waals surface area contributed by atoms with Gasteiger partial charge in [0.15, 0.2) is 0 Å². The fraction of sp³-hybridized carbons (Fsp3) is 0.556. The van der Waals surface area contributed by atoms with Gasteiger partial charge in [0, 0.05) is 12.3 Å². The molecule has 0 aliphatic heterocycles. The summed E-state index contributed by atoms with van der Waals surface area (Å²) in [6, 6.07) is 3.69. The summed E-state index contributed by atoms with van der Waals surface area (Å²) in [6.07, 6.45) is -2.81. The fourth-order valence-electron chi connectivity index (χ4n) is 2.08. The lowest BCUT2D eigenvalue weighted by molar-refractivity contribution is -0.137. The molecule has 1 aromatic rings. The van der Waals surface area contributed by atoms with Crippen LogP contribution in [0.2, 0.25) is 0 Å². The van der Waals surface area contributed by atoms with Crippen molar-refractivity contribution in [1.82, 2.24) is 0 Å². The second-order valence-electron chi connectivity index (χ2n) is 5.35. The molecule has 2 atom stereocenters. The lowest BCUT2D eigenvalue weighted by Crippen LogP contribution is -2.11. The van der Waals surface area contributed by atoms with E-state index in [0.29, 0.717) is 17.9 Å². The minimum absolute atomic E-state index is 0.0348.